The molecule has 18 heavy (non-hydrogen) atoms. The zero-order valence-electron chi connectivity index (χ0n) is 9.51. The van der Waals surface area contributed by atoms with Gasteiger partial charge in [-0.15, -0.1) is 0 Å². The molecular formula is C13H10BrClFNO. The van der Waals surface area contributed by atoms with Crippen LogP contribution in [0, 0.1) is 12.7 Å². The number of hydrogen-bond donors (Lipinski definition) is 1. The Morgan fingerprint density at radius 2 is 2.00 bits per heavy atom. The fraction of sp³-hybridized carbons (Fsp3) is 0.0769. The predicted molar refractivity (Wildman–Crippen MR) is 74.8 cm³/mol. The molecule has 0 bridgehead atoms. The first-order chi connectivity index (χ1) is 8.47. The lowest BCUT2D eigenvalue weighted by atomic mass is 10.2. The number of nitrogens with two attached hydrogens (primary N) is 1. The standard InChI is InChI=1S/C13H10BrClFNO/c1-7-4-8(2-3-9(7)14)18-13-5-10(15)11(16)6-12(13)17/h2-6H,17H2,1H3. The third-order valence-electron chi connectivity index (χ3n) is 2.41. The van der Waals surface area contributed by atoms with Crippen molar-refractivity contribution >= 4 is 33.2 Å². The lowest BCUT2D eigenvalue weighted by molar-refractivity contribution is 0.482. The van der Waals surface area contributed by atoms with Gasteiger partial charge >= 0.3 is 0 Å². The van der Waals surface area contributed by atoms with Crippen molar-refractivity contribution in [1.82, 2.24) is 0 Å². The van der Waals surface area contributed by atoms with Gasteiger partial charge in [-0.3, -0.25) is 0 Å². The quantitative estimate of drug-likeness (QED) is 0.793. The Labute approximate surface area is 118 Å². The van der Waals surface area contributed by atoms with Crippen LogP contribution in [0.25, 0.3) is 0 Å². The molecule has 5 heteroatoms. The van der Waals surface area contributed by atoms with Crippen molar-refractivity contribution in [3.05, 3.63) is 51.2 Å². The molecule has 94 valence electrons. The summed E-state index contributed by atoms with van der Waals surface area (Å²) in [4.78, 5) is 0. The van der Waals surface area contributed by atoms with Gasteiger partial charge in [0.2, 0.25) is 0 Å². The summed E-state index contributed by atoms with van der Waals surface area (Å²) in [5.41, 5.74) is 6.91. The van der Waals surface area contributed by atoms with Gasteiger partial charge in [-0.05, 0) is 30.7 Å². The van der Waals surface area contributed by atoms with E-state index >= 15 is 0 Å². The van der Waals surface area contributed by atoms with Crippen LogP contribution in [0.5, 0.6) is 11.5 Å². The Kier molecular flexibility index (Phi) is 3.78. The van der Waals surface area contributed by atoms with E-state index in [-0.39, 0.29) is 10.7 Å². The average molecular weight is 331 g/mol. The van der Waals surface area contributed by atoms with Gasteiger partial charge in [0.1, 0.15) is 11.6 Å². The van der Waals surface area contributed by atoms with Crippen molar-refractivity contribution < 1.29 is 9.13 Å². The highest BCUT2D eigenvalue weighted by molar-refractivity contribution is 9.10. The summed E-state index contributed by atoms with van der Waals surface area (Å²) in [5, 5.41) is -0.0203. The van der Waals surface area contributed by atoms with Crippen molar-refractivity contribution in [3.8, 4) is 11.5 Å². The molecule has 0 aliphatic rings. The van der Waals surface area contributed by atoms with Crippen LogP contribution < -0.4 is 10.5 Å². The molecule has 2 nitrogen and oxygen atoms in total. The molecule has 0 radical (unpaired) electrons. The van der Waals surface area contributed by atoms with E-state index in [1.807, 2.05) is 19.1 Å². The van der Waals surface area contributed by atoms with Crippen LogP contribution in [0.1, 0.15) is 5.56 Å². The molecule has 2 rings (SSSR count). The summed E-state index contributed by atoms with van der Waals surface area (Å²) in [6.45, 7) is 1.94. The van der Waals surface area contributed by atoms with E-state index in [9.17, 15) is 4.39 Å². The number of halogens is 3. The highest BCUT2D eigenvalue weighted by atomic mass is 79.9. The maximum absolute atomic E-state index is 13.1. The van der Waals surface area contributed by atoms with Crippen molar-refractivity contribution in [2.45, 2.75) is 6.92 Å². The van der Waals surface area contributed by atoms with Gasteiger partial charge in [0.25, 0.3) is 0 Å². The molecule has 0 unspecified atom stereocenters. The van der Waals surface area contributed by atoms with Crippen molar-refractivity contribution in [2.75, 3.05) is 5.73 Å². The molecule has 2 N–H and O–H groups in total. The van der Waals surface area contributed by atoms with E-state index in [0.29, 0.717) is 11.5 Å². The Morgan fingerprint density at radius 1 is 1.28 bits per heavy atom. The SMILES string of the molecule is Cc1cc(Oc2cc(Cl)c(F)cc2N)ccc1Br. The highest BCUT2D eigenvalue weighted by Gasteiger charge is 2.08. The van der Waals surface area contributed by atoms with Gasteiger partial charge in [0, 0.05) is 16.6 Å². The summed E-state index contributed by atoms with van der Waals surface area (Å²) in [6.07, 6.45) is 0. The third kappa shape index (κ3) is 2.76. The van der Waals surface area contributed by atoms with Gasteiger partial charge < -0.3 is 10.5 Å². The van der Waals surface area contributed by atoms with E-state index in [2.05, 4.69) is 15.9 Å². The summed E-state index contributed by atoms with van der Waals surface area (Å²) < 4.78 is 19.7. The van der Waals surface area contributed by atoms with Crippen LogP contribution in [0.3, 0.4) is 0 Å². The Bertz CT molecular complexity index is 604. The Balaban J connectivity index is 2.34. The summed E-state index contributed by atoms with van der Waals surface area (Å²) in [7, 11) is 0. The third-order valence-corrected chi connectivity index (χ3v) is 3.59. The normalized spacial score (nSPS) is 10.4. The first-order valence-electron chi connectivity index (χ1n) is 5.16. The molecule has 0 fully saturated rings. The molecule has 0 aromatic heterocycles. The second kappa shape index (κ2) is 5.16. The molecule has 2 aromatic carbocycles. The predicted octanol–water partition coefficient (Wildman–Crippen LogP) is 4.92. The van der Waals surface area contributed by atoms with Crippen LogP contribution in [0.15, 0.2) is 34.8 Å². The second-order valence-corrected chi connectivity index (χ2v) is 5.08. The second-order valence-electron chi connectivity index (χ2n) is 3.82. The topological polar surface area (TPSA) is 35.2 Å². The average Bonchev–Trinajstić information content (AvgIpc) is 2.31. The number of ether oxygens (including phenoxy) is 1. The molecule has 0 amide bonds. The number of aryl methyl sites for hydroxylation is 1. The highest BCUT2D eigenvalue weighted by Crippen LogP contribution is 2.33. The molecule has 2 aromatic rings. The zero-order chi connectivity index (χ0) is 13.3. The van der Waals surface area contributed by atoms with Crippen molar-refractivity contribution in [1.29, 1.82) is 0 Å². The van der Waals surface area contributed by atoms with Crippen LogP contribution in [-0.2, 0) is 0 Å². The minimum Gasteiger partial charge on any atom is -0.455 e. The van der Waals surface area contributed by atoms with Crippen LogP contribution in [0.2, 0.25) is 5.02 Å². The van der Waals surface area contributed by atoms with Gasteiger partial charge in [-0.1, -0.05) is 27.5 Å². The maximum atomic E-state index is 13.1. The van der Waals surface area contributed by atoms with Crippen LogP contribution >= 0.6 is 27.5 Å². The number of rotatable bonds is 2. The fourth-order valence-electron chi connectivity index (χ4n) is 1.44. The van der Waals surface area contributed by atoms with Gasteiger partial charge in [0.15, 0.2) is 5.75 Å². The molecule has 0 saturated heterocycles. The number of nitrogen functional groups attached to an aromatic ring is 1. The Morgan fingerprint density at radius 3 is 2.67 bits per heavy atom. The molecular weight excluding hydrogens is 321 g/mol. The molecule has 0 atom stereocenters. The van der Waals surface area contributed by atoms with E-state index in [0.717, 1.165) is 16.1 Å². The minimum atomic E-state index is -0.562. The minimum absolute atomic E-state index is 0.0203. The summed E-state index contributed by atoms with van der Waals surface area (Å²) in [5.74, 6) is 0.390. The molecule has 0 spiro atoms. The van der Waals surface area contributed by atoms with Crippen LogP contribution in [-0.4, -0.2) is 0 Å². The van der Waals surface area contributed by atoms with Crippen molar-refractivity contribution in [3.63, 3.8) is 0 Å². The molecule has 0 saturated carbocycles. The first-order valence-corrected chi connectivity index (χ1v) is 6.33. The number of hydrogen-bond acceptors (Lipinski definition) is 2. The van der Waals surface area contributed by atoms with E-state index in [4.69, 9.17) is 22.1 Å². The summed E-state index contributed by atoms with van der Waals surface area (Å²) in [6, 6.07) is 8.01. The molecule has 0 heterocycles. The zero-order valence-corrected chi connectivity index (χ0v) is 11.8. The smallest absolute Gasteiger partial charge is 0.151 e. The van der Waals surface area contributed by atoms with Gasteiger partial charge in [-0.25, -0.2) is 4.39 Å². The molecule has 0 aliphatic carbocycles. The van der Waals surface area contributed by atoms with E-state index in [1.165, 1.54) is 6.07 Å². The van der Waals surface area contributed by atoms with Crippen molar-refractivity contribution in [2.24, 2.45) is 0 Å². The lowest BCUT2D eigenvalue weighted by Crippen LogP contribution is -1.94. The first kappa shape index (κ1) is 13.2. The van der Waals surface area contributed by atoms with E-state index < -0.39 is 5.82 Å². The fourth-order valence-corrected chi connectivity index (χ4v) is 1.84. The largest absolute Gasteiger partial charge is 0.455 e. The van der Waals surface area contributed by atoms with Gasteiger partial charge in [-0.2, -0.15) is 0 Å². The number of benzene rings is 2. The maximum Gasteiger partial charge on any atom is 0.151 e. The Hall–Kier alpha value is -1.26. The lowest BCUT2D eigenvalue weighted by Gasteiger charge is -2.10. The molecule has 0 aliphatic heterocycles. The number of anilines is 1. The van der Waals surface area contributed by atoms with Crippen LogP contribution in [0.4, 0.5) is 10.1 Å². The van der Waals surface area contributed by atoms with Gasteiger partial charge in [0.05, 0.1) is 10.7 Å². The van der Waals surface area contributed by atoms with E-state index in [1.54, 1.807) is 6.07 Å². The summed E-state index contributed by atoms with van der Waals surface area (Å²) >= 11 is 9.09. The monoisotopic (exact) mass is 329 g/mol.